The largest absolute Gasteiger partial charge is 0.465 e. The summed E-state index contributed by atoms with van der Waals surface area (Å²) in [6.45, 7) is 2.26. The van der Waals surface area contributed by atoms with Gasteiger partial charge in [-0.2, -0.15) is 5.10 Å². The number of hydrazone groups is 1. The van der Waals surface area contributed by atoms with Gasteiger partial charge >= 0.3 is 5.97 Å². The molecule has 2 rings (SSSR count). The Morgan fingerprint density at radius 1 is 1.37 bits per heavy atom. The van der Waals surface area contributed by atoms with Crippen molar-refractivity contribution in [3.8, 4) is 0 Å². The van der Waals surface area contributed by atoms with Crippen molar-refractivity contribution in [2.45, 2.75) is 32.6 Å². The van der Waals surface area contributed by atoms with Crippen LogP contribution in [-0.2, 0) is 9.53 Å². The molecule has 1 atom stereocenters. The van der Waals surface area contributed by atoms with Crippen molar-refractivity contribution in [3.63, 3.8) is 0 Å². The zero-order valence-corrected chi connectivity index (χ0v) is 11.3. The predicted octanol–water partition coefficient (Wildman–Crippen LogP) is 3.21. The van der Waals surface area contributed by atoms with E-state index in [9.17, 15) is 4.79 Å². The first-order valence-corrected chi connectivity index (χ1v) is 6.85. The van der Waals surface area contributed by atoms with Crippen LogP contribution in [0.4, 0.5) is 5.69 Å². The summed E-state index contributed by atoms with van der Waals surface area (Å²) in [4.78, 5) is 11.9. The highest BCUT2D eigenvalue weighted by Gasteiger charge is 2.28. The van der Waals surface area contributed by atoms with Gasteiger partial charge in [0, 0.05) is 0 Å². The van der Waals surface area contributed by atoms with Crippen LogP contribution in [-0.4, -0.2) is 18.3 Å². The van der Waals surface area contributed by atoms with Crippen molar-refractivity contribution >= 4 is 17.4 Å². The van der Waals surface area contributed by atoms with Gasteiger partial charge in [0.05, 0.1) is 23.9 Å². The van der Waals surface area contributed by atoms with E-state index in [-0.39, 0.29) is 11.9 Å². The van der Waals surface area contributed by atoms with Crippen LogP contribution in [0.2, 0.25) is 0 Å². The minimum absolute atomic E-state index is 0.143. The summed E-state index contributed by atoms with van der Waals surface area (Å²) in [6, 6.07) is 9.76. The molecule has 4 nitrogen and oxygen atoms in total. The Morgan fingerprint density at radius 2 is 2.16 bits per heavy atom. The minimum Gasteiger partial charge on any atom is -0.465 e. The molecule has 0 heterocycles. The van der Waals surface area contributed by atoms with Gasteiger partial charge in [-0.15, -0.1) is 0 Å². The quantitative estimate of drug-likeness (QED) is 0.668. The first kappa shape index (κ1) is 13.6. The van der Waals surface area contributed by atoms with E-state index in [1.807, 2.05) is 37.3 Å². The van der Waals surface area contributed by atoms with Gasteiger partial charge in [0.2, 0.25) is 0 Å². The van der Waals surface area contributed by atoms with Gasteiger partial charge in [-0.05, 0) is 38.3 Å². The lowest BCUT2D eigenvalue weighted by Crippen LogP contribution is -2.29. The van der Waals surface area contributed by atoms with E-state index in [4.69, 9.17) is 4.74 Å². The van der Waals surface area contributed by atoms with E-state index in [0.29, 0.717) is 6.61 Å². The van der Waals surface area contributed by atoms with Crippen LogP contribution in [0, 0.1) is 5.92 Å². The van der Waals surface area contributed by atoms with Crippen LogP contribution < -0.4 is 5.43 Å². The molecule has 0 spiro atoms. The summed E-state index contributed by atoms with van der Waals surface area (Å²) in [5.41, 5.74) is 4.87. The third kappa shape index (κ3) is 3.81. The molecule has 0 amide bonds. The molecule has 1 aliphatic carbocycles. The Labute approximate surface area is 113 Å². The molecular formula is C15H20N2O2. The number of para-hydroxylation sites is 1. The Balaban J connectivity index is 2.04. The van der Waals surface area contributed by atoms with Gasteiger partial charge in [-0.25, -0.2) is 0 Å². The van der Waals surface area contributed by atoms with Crippen LogP contribution in [0.15, 0.2) is 35.4 Å². The molecule has 1 N–H and O–H groups in total. The molecule has 0 aromatic heterocycles. The second-order valence-corrected chi connectivity index (χ2v) is 4.63. The molecule has 1 aromatic rings. The molecule has 19 heavy (non-hydrogen) atoms. The van der Waals surface area contributed by atoms with E-state index < -0.39 is 0 Å². The average molecular weight is 260 g/mol. The fourth-order valence-electron chi connectivity index (χ4n) is 2.28. The molecular weight excluding hydrogens is 240 g/mol. The van der Waals surface area contributed by atoms with Gasteiger partial charge in [0.25, 0.3) is 0 Å². The van der Waals surface area contributed by atoms with E-state index in [1.54, 1.807) is 0 Å². The molecule has 102 valence electrons. The Kier molecular flexibility index (Phi) is 4.95. The van der Waals surface area contributed by atoms with E-state index in [0.717, 1.165) is 37.1 Å². The fourth-order valence-corrected chi connectivity index (χ4v) is 2.28. The average Bonchev–Trinajstić information content (AvgIpc) is 2.47. The smallest absolute Gasteiger partial charge is 0.314 e. The second kappa shape index (κ2) is 6.92. The summed E-state index contributed by atoms with van der Waals surface area (Å²) in [5.74, 6) is -0.319. The maximum Gasteiger partial charge on any atom is 0.314 e. The lowest BCUT2D eigenvalue weighted by molar-refractivity contribution is -0.146. The van der Waals surface area contributed by atoms with Crippen molar-refractivity contribution in [1.29, 1.82) is 0 Å². The number of hydrogen-bond acceptors (Lipinski definition) is 4. The number of ether oxygens (including phenoxy) is 1. The van der Waals surface area contributed by atoms with E-state index in [1.165, 1.54) is 0 Å². The van der Waals surface area contributed by atoms with Gasteiger partial charge in [0.15, 0.2) is 0 Å². The van der Waals surface area contributed by atoms with Crippen molar-refractivity contribution in [2.75, 3.05) is 12.0 Å². The second-order valence-electron chi connectivity index (χ2n) is 4.63. The van der Waals surface area contributed by atoms with Gasteiger partial charge in [-0.3, -0.25) is 10.2 Å². The molecule has 0 radical (unpaired) electrons. The Hall–Kier alpha value is -1.84. The maximum absolute atomic E-state index is 11.9. The number of carbonyl (C=O) groups excluding carboxylic acids is 1. The first-order chi connectivity index (χ1) is 9.31. The van der Waals surface area contributed by atoms with Crippen LogP contribution in [0.1, 0.15) is 32.6 Å². The summed E-state index contributed by atoms with van der Waals surface area (Å²) in [5, 5.41) is 4.40. The van der Waals surface area contributed by atoms with Crippen molar-refractivity contribution in [3.05, 3.63) is 30.3 Å². The number of anilines is 1. The zero-order chi connectivity index (χ0) is 13.5. The Morgan fingerprint density at radius 3 is 2.89 bits per heavy atom. The summed E-state index contributed by atoms with van der Waals surface area (Å²) < 4.78 is 5.12. The molecule has 1 aliphatic rings. The molecule has 0 bridgehead atoms. The van der Waals surface area contributed by atoms with Gasteiger partial charge < -0.3 is 4.74 Å². The van der Waals surface area contributed by atoms with Crippen LogP contribution in [0.5, 0.6) is 0 Å². The first-order valence-electron chi connectivity index (χ1n) is 6.85. The summed E-state index contributed by atoms with van der Waals surface area (Å²) in [7, 11) is 0. The van der Waals surface area contributed by atoms with Crippen LogP contribution >= 0.6 is 0 Å². The van der Waals surface area contributed by atoms with E-state index in [2.05, 4.69) is 10.5 Å². The fraction of sp³-hybridized carbons (Fsp3) is 0.467. The minimum atomic E-state index is -0.176. The number of nitrogens with one attached hydrogen (secondary N) is 1. The van der Waals surface area contributed by atoms with Crippen molar-refractivity contribution in [2.24, 2.45) is 11.0 Å². The summed E-state index contributed by atoms with van der Waals surface area (Å²) >= 11 is 0. The number of hydrogen-bond donors (Lipinski definition) is 1. The third-order valence-corrected chi connectivity index (χ3v) is 3.25. The normalized spacial score (nSPS) is 21.1. The highest BCUT2D eigenvalue weighted by molar-refractivity contribution is 6.02. The molecule has 4 heteroatoms. The van der Waals surface area contributed by atoms with Crippen LogP contribution in [0.3, 0.4) is 0 Å². The van der Waals surface area contributed by atoms with Crippen molar-refractivity contribution < 1.29 is 9.53 Å². The van der Waals surface area contributed by atoms with Gasteiger partial charge in [0.1, 0.15) is 0 Å². The van der Waals surface area contributed by atoms with Gasteiger partial charge in [-0.1, -0.05) is 24.6 Å². The number of nitrogens with zero attached hydrogens (tertiary/aromatic N) is 1. The maximum atomic E-state index is 11.9. The molecule has 0 saturated heterocycles. The standard InChI is InChI=1S/C15H20N2O2/c1-2-19-15(18)13-10-6-7-11-14(13)17-16-12-8-4-3-5-9-12/h3-5,8-9,13,16H,2,6-7,10-11H2,1H3/t13-/m1/s1. The molecule has 1 saturated carbocycles. The van der Waals surface area contributed by atoms with E-state index >= 15 is 0 Å². The lowest BCUT2D eigenvalue weighted by atomic mass is 9.87. The molecule has 0 unspecified atom stereocenters. The molecule has 1 aromatic carbocycles. The number of carbonyl (C=O) groups is 1. The highest BCUT2D eigenvalue weighted by Crippen LogP contribution is 2.23. The molecule has 1 fully saturated rings. The Bertz CT molecular complexity index is 443. The SMILES string of the molecule is CCOC(=O)[C@@H]1CCCCC1=NNc1ccccc1. The number of benzene rings is 1. The lowest BCUT2D eigenvalue weighted by Gasteiger charge is -2.22. The van der Waals surface area contributed by atoms with Crippen LogP contribution in [0.25, 0.3) is 0 Å². The zero-order valence-electron chi connectivity index (χ0n) is 11.3. The molecule has 0 aliphatic heterocycles. The number of rotatable bonds is 4. The number of esters is 1. The highest BCUT2D eigenvalue weighted by atomic mass is 16.5. The summed E-state index contributed by atoms with van der Waals surface area (Å²) in [6.07, 6.45) is 3.86. The third-order valence-electron chi connectivity index (χ3n) is 3.25. The topological polar surface area (TPSA) is 50.7 Å². The van der Waals surface area contributed by atoms with Crippen molar-refractivity contribution in [1.82, 2.24) is 0 Å². The predicted molar refractivity (Wildman–Crippen MR) is 76.1 cm³/mol. The monoisotopic (exact) mass is 260 g/mol.